The van der Waals surface area contributed by atoms with Crippen LogP contribution in [0.1, 0.15) is 16.7 Å². The fraction of sp³-hybridized carbons (Fsp3) is 0.143. The molecule has 0 bridgehead atoms. The van der Waals surface area contributed by atoms with Gasteiger partial charge in [-0.25, -0.2) is 0 Å². The van der Waals surface area contributed by atoms with Gasteiger partial charge in [-0.2, -0.15) is 0 Å². The number of alkyl halides is 2. The van der Waals surface area contributed by atoms with E-state index in [-0.39, 0.29) is 19.8 Å². The van der Waals surface area contributed by atoms with Gasteiger partial charge in [0.15, 0.2) is 0 Å². The van der Waals surface area contributed by atoms with Crippen molar-refractivity contribution in [1.82, 2.24) is 0 Å². The zero-order valence-electron chi connectivity index (χ0n) is 20.4. The summed E-state index contributed by atoms with van der Waals surface area (Å²) >= 11 is 12.5. The van der Waals surface area contributed by atoms with E-state index in [0.29, 0.717) is 0 Å². The average molecular weight is 593 g/mol. The molecule has 3 aromatic rings. The van der Waals surface area contributed by atoms with Gasteiger partial charge in [0.1, 0.15) is 0 Å². The Bertz CT molecular complexity index is 1260. The molecule has 0 heterocycles. The Balaban J connectivity index is 1.72. The molecule has 0 aliphatic rings. The van der Waals surface area contributed by atoms with Crippen molar-refractivity contribution in [2.75, 3.05) is 19.8 Å². The molecule has 0 saturated heterocycles. The minimum atomic E-state index is -4.93. The van der Waals surface area contributed by atoms with E-state index in [0.717, 1.165) is 16.7 Å². The molecule has 3 rings (SSSR count). The van der Waals surface area contributed by atoms with Gasteiger partial charge < -0.3 is 18.5 Å². The molecule has 0 aliphatic heterocycles. The van der Waals surface area contributed by atoms with Crippen LogP contribution in [0.15, 0.2) is 109 Å². The summed E-state index contributed by atoms with van der Waals surface area (Å²) in [5.41, 5.74) is 2.61. The lowest BCUT2D eigenvalue weighted by atomic mass is 10.2. The number of benzene rings is 3. The number of rotatable bonds is 14. The third kappa shape index (κ3) is 8.91. The van der Waals surface area contributed by atoms with Crippen LogP contribution in [0.5, 0.6) is 0 Å². The van der Waals surface area contributed by atoms with E-state index in [4.69, 9.17) is 36.8 Å². The largest absolute Gasteiger partial charge is 0.379 e. The number of hydrogen-bond acceptors (Lipinski definition) is 5. The van der Waals surface area contributed by atoms with Gasteiger partial charge in [-0.3, -0.25) is 9.13 Å². The van der Waals surface area contributed by atoms with Crippen LogP contribution in [0.3, 0.4) is 0 Å². The summed E-state index contributed by atoms with van der Waals surface area (Å²) in [5.74, 6) is 0. The first-order chi connectivity index (χ1) is 18.2. The third-order valence-electron chi connectivity index (χ3n) is 5.03. The molecule has 38 heavy (non-hydrogen) atoms. The molecule has 1 atom stereocenters. The molecule has 0 spiro atoms. The average Bonchev–Trinajstić information content (AvgIpc) is 2.93. The monoisotopic (exact) mass is 592 g/mol. The van der Waals surface area contributed by atoms with Gasteiger partial charge in [-0.15, -0.1) is 0 Å². The Kier molecular flexibility index (Phi) is 11.8. The topological polar surface area (TPSA) is 82.1 Å². The molecule has 0 saturated carbocycles. The fourth-order valence-electron chi connectivity index (χ4n) is 3.10. The standard InChI is InChI=1S/C28H28Cl2O6P2/c29-28(30,37(31,32)34-22-10-19-25-13-4-1-5-14-25)38(33,35-23-11-20-26-15-6-2-7-16-26)36-24-12-21-27-17-8-3-9-18-27/h1-21H,22-24H2,(H,31,32). The van der Waals surface area contributed by atoms with Gasteiger partial charge in [0, 0.05) is 0 Å². The Morgan fingerprint density at radius 1 is 0.605 bits per heavy atom. The lowest BCUT2D eigenvalue weighted by Crippen LogP contribution is -2.20. The van der Waals surface area contributed by atoms with Crippen molar-refractivity contribution < 1.29 is 27.6 Å². The molecule has 0 aromatic heterocycles. The lowest BCUT2D eigenvalue weighted by Gasteiger charge is -2.30. The second kappa shape index (κ2) is 14.8. The van der Waals surface area contributed by atoms with Gasteiger partial charge in [-0.05, 0) is 16.7 Å². The molecule has 0 radical (unpaired) electrons. The maximum Gasteiger partial charge on any atom is 0.379 e. The van der Waals surface area contributed by atoms with Gasteiger partial charge in [-0.1, -0.05) is 151 Å². The quantitative estimate of drug-likeness (QED) is 0.149. The minimum absolute atomic E-state index is 0.246. The van der Waals surface area contributed by atoms with Gasteiger partial charge in [0.25, 0.3) is 0 Å². The van der Waals surface area contributed by atoms with E-state index in [1.165, 1.54) is 6.08 Å². The summed E-state index contributed by atoms with van der Waals surface area (Å²) in [7, 11) is -9.56. The zero-order valence-corrected chi connectivity index (χ0v) is 23.7. The highest BCUT2D eigenvalue weighted by molar-refractivity contribution is 7.79. The van der Waals surface area contributed by atoms with E-state index in [9.17, 15) is 14.0 Å². The molecular formula is C28H28Cl2O6P2. The maximum absolute atomic E-state index is 13.8. The van der Waals surface area contributed by atoms with E-state index in [1.54, 1.807) is 30.4 Å². The van der Waals surface area contributed by atoms with Crippen LogP contribution in [0.25, 0.3) is 18.2 Å². The van der Waals surface area contributed by atoms with Crippen LogP contribution in [0, 0.1) is 0 Å². The number of halogens is 2. The lowest BCUT2D eigenvalue weighted by molar-refractivity contribution is 0.229. The highest BCUT2D eigenvalue weighted by Crippen LogP contribution is 2.79. The SMILES string of the molecule is O=P(O)(OCC=Cc1ccccc1)C(Cl)(Cl)P(=O)(OCC=Cc1ccccc1)OCC=Cc1ccccc1. The van der Waals surface area contributed by atoms with Gasteiger partial charge >= 0.3 is 19.0 Å². The molecule has 0 amide bonds. The molecule has 6 nitrogen and oxygen atoms in total. The summed E-state index contributed by atoms with van der Waals surface area (Å²) < 4.78 is 39.9. The van der Waals surface area contributed by atoms with Gasteiger partial charge in [0.05, 0.1) is 19.8 Å². The van der Waals surface area contributed by atoms with Crippen LogP contribution >= 0.6 is 38.4 Å². The van der Waals surface area contributed by atoms with Crippen LogP contribution in [-0.4, -0.2) is 28.5 Å². The summed E-state index contributed by atoms with van der Waals surface area (Å²) in [5, 5.41) is 0. The smallest absolute Gasteiger partial charge is 0.322 e. The molecule has 1 N–H and O–H groups in total. The molecule has 3 aromatic carbocycles. The Morgan fingerprint density at radius 3 is 1.26 bits per heavy atom. The fourth-order valence-corrected chi connectivity index (χ4v) is 7.13. The molecule has 0 aliphatic carbocycles. The van der Waals surface area contributed by atoms with Crippen molar-refractivity contribution in [2.45, 2.75) is 3.82 Å². The van der Waals surface area contributed by atoms with E-state index in [2.05, 4.69) is 0 Å². The Hall–Kier alpha value is -2.24. The summed E-state index contributed by atoms with van der Waals surface area (Å²) in [6.07, 6.45) is 9.81. The normalized spacial score (nSPS) is 15.7. The second-order valence-electron chi connectivity index (χ2n) is 7.85. The van der Waals surface area contributed by atoms with Crippen molar-refractivity contribution in [2.24, 2.45) is 0 Å². The molecular weight excluding hydrogens is 565 g/mol. The van der Waals surface area contributed by atoms with Gasteiger partial charge in [0.2, 0.25) is 0 Å². The molecule has 200 valence electrons. The Labute approximate surface area is 233 Å². The minimum Gasteiger partial charge on any atom is -0.322 e. The van der Waals surface area contributed by atoms with Crippen molar-refractivity contribution in [3.8, 4) is 0 Å². The summed E-state index contributed by atoms with van der Waals surface area (Å²) in [4.78, 5) is 10.6. The van der Waals surface area contributed by atoms with E-state index in [1.807, 2.05) is 91.0 Å². The molecule has 0 fully saturated rings. The summed E-state index contributed by atoms with van der Waals surface area (Å²) in [6, 6.07) is 27.9. The van der Waals surface area contributed by atoms with E-state index < -0.39 is 19.0 Å². The highest BCUT2D eigenvalue weighted by Gasteiger charge is 2.63. The molecule has 10 heteroatoms. The predicted octanol–water partition coefficient (Wildman–Crippen LogP) is 8.64. The second-order valence-corrected chi connectivity index (χ2v) is 14.7. The van der Waals surface area contributed by atoms with Crippen molar-refractivity contribution in [1.29, 1.82) is 0 Å². The highest BCUT2D eigenvalue weighted by atomic mass is 35.5. The van der Waals surface area contributed by atoms with Crippen LogP contribution in [-0.2, 0) is 22.7 Å². The third-order valence-corrected chi connectivity index (χ3v) is 11.9. The Morgan fingerprint density at radius 2 is 0.921 bits per heavy atom. The van der Waals surface area contributed by atoms with Crippen LogP contribution < -0.4 is 0 Å². The molecule has 1 unspecified atom stereocenters. The summed E-state index contributed by atoms with van der Waals surface area (Å²) in [6.45, 7) is -0.807. The zero-order chi connectivity index (χ0) is 27.3. The first kappa shape index (κ1) is 30.3. The number of hydrogen-bond donors (Lipinski definition) is 1. The van der Waals surface area contributed by atoms with Crippen molar-refractivity contribution >= 4 is 56.6 Å². The van der Waals surface area contributed by atoms with Crippen LogP contribution in [0.4, 0.5) is 0 Å². The first-order valence-corrected chi connectivity index (χ1v) is 15.5. The predicted molar refractivity (Wildman–Crippen MR) is 156 cm³/mol. The van der Waals surface area contributed by atoms with E-state index >= 15 is 0 Å². The van der Waals surface area contributed by atoms with Crippen LogP contribution in [0.2, 0.25) is 0 Å². The first-order valence-electron chi connectivity index (χ1n) is 11.6. The maximum atomic E-state index is 13.8. The van der Waals surface area contributed by atoms with Crippen molar-refractivity contribution in [3.63, 3.8) is 0 Å². The van der Waals surface area contributed by atoms with Crippen molar-refractivity contribution in [3.05, 3.63) is 126 Å².